The Labute approximate surface area is 174 Å². The van der Waals surface area contributed by atoms with Gasteiger partial charge in [-0.3, -0.25) is 14.3 Å². The summed E-state index contributed by atoms with van der Waals surface area (Å²) in [6, 6.07) is 14.2. The van der Waals surface area contributed by atoms with Crippen LogP contribution in [0.2, 0.25) is 5.02 Å². The summed E-state index contributed by atoms with van der Waals surface area (Å²) in [6.45, 7) is 3.71. The number of anilines is 2. The van der Waals surface area contributed by atoms with Gasteiger partial charge in [-0.2, -0.15) is 5.10 Å². The lowest BCUT2D eigenvalue weighted by molar-refractivity contribution is -0.119. The average Bonchev–Trinajstić information content (AvgIpc) is 3.23. The number of carbonyl (C=O) groups is 2. The Hall–Kier alpha value is -3.12. The molecule has 1 heterocycles. The SMILES string of the molecule is Cc1ccc(CCC(=O)Nc2cccc(NC(=O)C(C)n3cccn3)c2)cc1Cl. The topological polar surface area (TPSA) is 76.0 Å². The van der Waals surface area contributed by atoms with Crippen LogP contribution in [-0.4, -0.2) is 21.6 Å². The molecule has 3 rings (SSSR count). The zero-order valence-electron chi connectivity index (χ0n) is 16.4. The van der Waals surface area contributed by atoms with E-state index in [0.717, 1.165) is 11.1 Å². The first-order chi connectivity index (χ1) is 13.9. The Morgan fingerprint density at radius 1 is 1.10 bits per heavy atom. The molecule has 2 amide bonds. The van der Waals surface area contributed by atoms with E-state index in [1.54, 1.807) is 54.3 Å². The number of aryl methyl sites for hydroxylation is 2. The highest BCUT2D eigenvalue weighted by Crippen LogP contribution is 2.19. The predicted molar refractivity (Wildman–Crippen MR) is 115 cm³/mol. The van der Waals surface area contributed by atoms with E-state index in [9.17, 15) is 9.59 Å². The number of hydrogen-bond acceptors (Lipinski definition) is 3. The lowest BCUT2D eigenvalue weighted by Crippen LogP contribution is -2.24. The number of halogens is 1. The van der Waals surface area contributed by atoms with Crippen molar-refractivity contribution in [3.63, 3.8) is 0 Å². The third kappa shape index (κ3) is 5.68. The van der Waals surface area contributed by atoms with Crippen LogP contribution in [-0.2, 0) is 16.0 Å². The molecular weight excluding hydrogens is 388 g/mol. The summed E-state index contributed by atoms with van der Waals surface area (Å²) in [5.41, 5.74) is 3.27. The van der Waals surface area contributed by atoms with Crippen LogP contribution in [0.4, 0.5) is 11.4 Å². The summed E-state index contributed by atoms with van der Waals surface area (Å²) in [4.78, 5) is 24.7. The largest absolute Gasteiger partial charge is 0.326 e. The number of nitrogens with zero attached hydrogens (tertiary/aromatic N) is 2. The van der Waals surface area contributed by atoms with Crippen LogP contribution >= 0.6 is 11.6 Å². The lowest BCUT2D eigenvalue weighted by atomic mass is 10.1. The van der Waals surface area contributed by atoms with Crippen LogP contribution in [0, 0.1) is 6.92 Å². The van der Waals surface area contributed by atoms with Gasteiger partial charge in [0.25, 0.3) is 0 Å². The van der Waals surface area contributed by atoms with E-state index in [1.165, 1.54) is 0 Å². The van der Waals surface area contributed by atoms with Crippen molar-refractivity contribution in [3.8, 4) is 0 Å². The minimum Gasteiger partial charge on any atom is -0.326 e. The zero-order valence-corrected chi connectivity index (χ0v) is 17.1. The summed E-state index contributed by atoms with van der Waals surface area (Å²) in [6.07, 6.45) is 4.31. The normalized spacial score (nSPS) is 11.7. The molecule has 7 heteroatoms. The van der Waals surface area contributed by atoms with Crippen molar-refractivity contribution in [2.24, 2.45) is 0 Å². The standard InChI is InChI=1S/C22H23ClN4O2/c1-15-7-8-17(13-20(15)23)9-10-21(28)25-18-5-3-6-19(14-18)26-22(29)16(2)27-12-4-11-24-27/h3-8,11-14,16H,9-10H2,1-2H3,(H,25,28)(H,26,29). The van der Waals surface area contributed by atoms with E-state index in [0.29, 0.717) is 29.2 Å². The van der Waals surface area contributed by atoms with E-state index in [1.807, 2.05) is 25.1 Å². The van der Waals surface area contributed by atoms with Gasteiger partial charge in [0.15, 0.2) is 0 Å². The minimum atomic E-state index is -0.440. The molecule has 1 aromatic heterocycles. The van der Waals surface area contributed by atoms with Crippen LogP contribution in [0.15, 0.2) is 60.9 Å². The van der Waals surface area contributed by atoms with Crippen molar-refractivity contribution >= 4 is 34.8 Å². The van der Waals surface area contributed by atoms with Gasteiger partial charge in [0.05, 0.1) is 0 Å². The van der Waals surface area contributed by atoms with E-state index in [2.05, 4.69) is 15.7 Å². The van der Waals surface area contributed by atoms with Crippen LogP contribution in [0.3, 0.4) is 0 Å². The molecule has 0 saturated carbocycles. The maximum Gasteiger partial charge on any atom is 0.248 e. The van der Waals surface area contributed by atoms with Gasteiger partial charge in [-0.25, -0.2) is 0 Å². The Balaban J connectivity index is 1.55. The van der Waals surface area contributed by atoms with Gasteiger partial charge in [0, 0.05) is 35.2 Å². The first-order valence-corrected chi connectivity index (χ1v) is 9.75. The van der Waals surface area contributed by atoms with Crippen LogP contribution in [0.1, 0.15) is 30.5 Å². The second-order valence-electron chi connectivity index (χ2n) is 6.86. The molecule has 3 aromatic rings. The number of amides is 2. The second-order valence-corrected chi connectivity index (χ2v) is 7.27. The van der Waals surface area contributed by atoms with Gasteiger partial charge in [-0.1, -0.05) is 29.8 Å². The van der Waals surface area contributed by atoms with Crippen LogP contribution < -0.4 is 10.6 Å². The van der Waals surface area contributed by atoms with Gasteiger partial charge >= 0.3 is 0 Å². The fourth-order valence-electron chi connectivity index (χ4n) is 2.82. The fraction of sp³-hybridized carbons (Fsp3) is 0.227. The third-order valence-electron chi connectivity index (χ3n) is 4.59. The third-order valence-corrected chi connectivity index (χ3v) is 5.00. The molecule has 0 aliphatic rings. The Morgan fingerprint density at radius 3 is 2.55 bits per heavy atom. The number of aromatic nitrogens is 2. The summed E-state index contributed by atoms with van der Waals surface area (Å²) >= 11 is 6.13. The molecule has 0 saturated heterocycles. The highest BCUT2D eigenvalue weighted by Gasteiger charge is 2.15. The van der Waals surface area contributed by atoms with E-state index >= 15 is 0 Å². The zero-order chi connectivity index (χ0) is 20.8. The summed E-state index contributed by atoms with van der Waals surface area (Å²) in [5, 5.41) is 10.5. The van der Waals surface area contributed by atoms with Crippen molar-refractivity contribution in [1.29, 1.82) is 0 Å². The average molecular weight is 411 g/mol. The maximum atomic E-state index is 12.4. The summed E-state index contributed by atoms with van der Waals surface area (Å²) in [5.74, 6) is -0.288. The highest BCUT2D eigenvalue weighted by atomic mass is 35.5. The fourth-order valence-corrected chi connectivity index (χ4v) is 3.03. The van der Waals surface area contributed by atoms with E-state index < -0.39 is 6.04 Å². The lowest BCUT2D eigenvalue weighted by Gasteiger charge is -2.13. The van der Waals surface area contributed by atoms with Crippen molar-refractivity contribution in [1.82, 2.24) is 9.78 Å². The molecule has 29 heavy (non-hydrogen) atoms. The van der Waals surface area contributed by atoms with Gasteiger partial charge < -0.3 is 10.6 Å². The highest BCUT2D eigenvalue weighted by molar-refractivity contribution is 6.31. The quantitative estimate of drug-likeness (QED) is 0.596. The number of nitrogens with one attached hydrogen (secondary N) is 2. The maximum absolute atomic E-state index is 12.4. The van der Waals surface area contributed by atoms with Crippen LogP contribution in [0.5, 0.6) is 0 Å². The molecule has 0 spiro atoms. The molecule has 0 aliphatic heterocycles. The molecule has 2 aromatic carbocycles. The number of hydrogen-bond donors (Lipinski definition) is 2. The van der Waals surface area contributed by atoms with Crippen molar-refractivity contribution in [2.75, 3.05) is 10.6 Å². The molecule has 0 aliphatic carbocycles. The van der Waals surface area contributed by atoms with Crippen molar-refractivity contribution in [3.05, 3.63) is 77.1 Å². The Morgan fingerprint density at radius 2 is 1.86 bits per heavy atom. The van der Waals surface area contributed by atoms with E-state index in [4.69, 9.17) is 11.6 Å². The van der Waals surface area contributed by atoms with Crippen molar-refractivity contribution in [2.45, 2.75) is 32.7 Å². The minimum absolute atomic E-state index is 0.102. The predicted octanol–water partition coefficient (Wildman–Crippen LogP) is 4.62. The number of benzene rings is 2. The van der Waals surface area contributed by atoms with Gasteiger partial charge in [0.2, 0.25) is 11.8 Å². The molecule has 0 fully saturated rings. The van der Waals surface area contributed by atoms with Crippen LogP contribution in [0.25, 0.3) is 0 Å². The van der Waals surface area contributed by atoms with Crippen molar-refractivity contribution < 1.29 is 9.59 Å². The molecule has 1 unspecified atom stereocenters. The summed E-state index contributed by atoms with van der Waals surface area (Å²) < 4.78 is 1.58. The molecule has 0 radical (unpaired) electrons. The molecule has 150 valence electrons. The smallest absolute Gasteiger partial charge is 0.248 e. The van der Waals surface area contributed by atoms with Gasteiger partial charge in [0.1, 0.15) is 6.04 Å². The first kappa shape index (κ1) is 20.6. The van der Waals surface area contributed by atoms with E-state index in [-0.39, 0.29) is 11.8 Å². The van der Waals surface area contributed by atoms with Gasteiger partial charge in [-0.05, 0) is 61.7 Å². The first-order valence-electron chi connectivity index (χ1n) is 9.37. The number of carbonyl (C=O) groups excluding carboxylic acids is 2. The molecule has 1 atom stereocenters. The summed E-state index contributed by atoms with van der Waals surface area (Å²) in [7, 11) is 0. The molecular formula is C22H23ClN4O2. The molecule has 0 bridgehead atoms. The molecule has 2 N–H and O–H groups in total. The van der Waals surface area contributed by atoms with Gasteiger partial charge in [-0.15, -0.1) is 0 Å². The Bertz CT molecular complexity index is 1000. The second kappa shape index (κ2) is 9.39. The molecule has 6 nitrogen and oxygen atoms in total. The number of rotatable bonds is 7. The monoisotopic (exact) mass is 410 g/mol. The Kier molecular flexibility index (Phi) is 6.67.